The number of benzene rings is 1. The molecule has 11 heteroatoms. The minimum absolute atomic E-state index is 0.229. The van der Waals surface area contributed by atoms with Crippen LogP contribution in [0.5, 0.6) is 0 Å². The number of fused-ring (bicyclic) bond motifs is 3. The van der Waals surface area contributed by atoms with Crippen molar-refractivity contribution in [1.82, 2.24) is 14.1 Å². The molecule has 0 saturated carbocycles. The number of hydrogen-bond donors (Lipinski definition) is 1. The summed E-state index contributed by atoms with van der Waals surface area (Å²) in [5.41, 5.74) is 1.84. The van der Waals surface area contributed by atoms with Crippen molar-refractivity contribution in [1.29, 1.82) is 5.26 Å². The van der Waals surface area contributed by atoms with Crippen molar-refractivity contribution in [2.24, 2.45) is 14.1 Å². The Bertz CT molecular complexity index is 1560. The molecule has 2 aliphatic rings. The normalized spacial score (nSPS) is 17.0. The van der Waals surface area contributed by atoms with E-state index in [-0.39, 0.29) is 18.3 Å². The van der Waals surface area contributed by atoms with E-state index in [1.165, 1.54) is 23.0 Å². The second kappa shape index (κ2) is 7.81. The molecule has 1 unspecified atom stereocenters. The summed E-state index contributed by atoms with van der Waals surface area (Å²) in [6.45, 7) is -0.0439. The van der Waals surface area contributed by atoms with Gasteiger partial charge in [-0.2, -0.15) is 9.84 Å². The molecule has 1 N–H and O–H groups in total. The summed E-state index contributed by atoms with van der Waals surface area (Å²) in [5.74, 6) is 0.327. The second-order valence-electron chi connectivity index (χ2n) is 7.66. The fourth-order valence-corrected chi connectivity index (χ4v) is 5.16. The third kappa shape index (κ3) is 3.16. The first-order chi connectivity index (χ1) is 15.8. The molecule has 1 aromatic carbocycles. The summed E-state index contributed by atoms with van der Waals surface area (Å²) in [5, 5.41) is 21.8. The van der Waals surface area contributed by atoms with Crippen LogP contribution in [0.4, 0.5) is 0 Å². The second-order valence-corrected chi connectivity index (χ2v) is 8.90. The highest BCUT2D eigenvalue weighted by Crippen LogP contribution is 2.39. The molecule has 9 nitrogen and oxygen atoms in total. The Balaban J connectivity index is 1.97. The molecule has 2 aliphatic heterocycles. The number of rotatable bonds is 3. The molecular formula is C22H17ClN5O4S+. The lowest BCUT2D eigenvalue weighted by Crippen LogP contribution is -2.41. The SMILES string of the molecule is Cn1c2c(c(=O)n(C)c1=O)C(c1cccc(C#N)c1)=[N+]1CC(CO)OC(c3nc(Cl)cs3)=C21. The fourth-order valence-electron chi connectivity index (χ4n) is 4.23. The largest absolute Gasteiger partial charge is 0.472 e. The Morgan fingerprint density at radius 1 is 1.36 bits per heavy atom. The lowest BCUT2D eigenvalue weighted by Gasteiger charge is -2.23. The van der Waals surface area contributed by atoms with Gasteiger partial charge in [-0.3, -0.25) is 13.9 Å². The third-order valence-corrected chi connectivity index (χ3v) is 6.85. The first kappa shape index (κ1) is 21.3. The average Bonchev–Trinajstić information content (AvgIpc) is 3.42. The van der Waals surface area contributed by atoms with Crippen LogP contribution >= 0.6 is 22.9 Å². The number of nitriles is 1. The van der Waals surface area contributed by atoms with Crippen molar-refractivity contribution >= 4 is 40.1 Å². The van der Waals surface area contributed by atoms with Crippen LogP contribution in [0.3, 0.4) is 0 Å². The molecule has 1 atom stereocenters. The standard InChI is InChI=1S/C22H17ClN5O4S/c1-26-17-15(21(30)27(2)22(26)31)16(12-5-3-4-11(6-12)7-24)28-8-13(9-29)32-19(18(17)28)20-25-14(23)10-33-20/h3-6,10,13,29H,8-9H2,1-2H3/q+1. The number of thiazole rings is 1. The van der Waals surface area contributed by atoms with Crippen molar-refractivity contribution < 1.29 is 14.4 Å². The van der Waals surface area contributed by atoms with Crippen LogP contribution in [0.15, 0.2) is 39.2 Å². The Hall–Kier alpha value is -3.52. The van der Waals surface area contributed by atoms with E-state index in [9.17, 15) is 20.0 Å². The zero-order valence-corrected chi connectivity index (χ0v) is 19.1. The number of halogens is 1. The van der Waals surface area contributed by atoms with Gasteiger partial charge in [0.2, 0.25) is 11.5 Å². The molecule has 0 fully saturated rings. The maximum absolute atomic E-state index is 13.4. The maximum atomic E-state index is 13.4. The summed E-state index contributed by atoms with van der Waals surface area (Å²) in [6.07, 6.45) is -0.615. The molecule has 0 saturated heterocycles. The molecule has 5 rings (SSSR count). The van der Waals surface area contributed by atoms with Gasteiger partial charge in [-0.05, 0) is 18.2 Å². The van der Waals surface area contributed by atoms with E-state index in [1.54, 1.807) is 36.7 Å². The van der Waals surface area contributed by atoms with Gasteiger partial charge in [0.25, 0.3) is 11.3 Å². The van der Waals surface area contributed by atoms with Gasteiger partial charge in [0.15, 0.2) is 17.7 Å². The summed E-state index contributed by atoms with van der Waals surface area (Å²) < 4.78 is 10.4. The number of ether oxygens (including phenoxy) is 1. The van der Waals surface area contributed by atoms with Crippen LogP contribution in [0.1, 0.15) is 27.4 Å². The monoisotopic (exact) mass is 482 g/mol. The van der Waals surface area contributed by atoms with E-state index < -0.39 is 17.4 Å². The van der Waals surface area contributed by atoms with Crippen molar-refractivity contribution in [2.75, 3.05) is 13.2 Å². The number of aliphatic hydroxyl groups is 1. The summed E-state index contributed by atoms with van der Waals surface area (Å²) in [4.78, 5) is 30.6. The third-order valence-electron chi connectivity index (χ3n) is 5.69. The van der Waals surface area contributed by atoms with Crippen molar-refractivity contribution in [3.63, 3.8) is 0 Å². The van der Waals surface area contributed by atoms with Gasteiger partial charge in [0, 0.05) is 25.0 Å². The highest BCUT2D eigenvalue weighted by Gasteiger charge is 2.48. The predicted octanol–water partition coefficient (Wildman–Crippen LogP) is 1.15. The van der Waals surface area contributed by atoms with Gasteiger partial charge in [0.05, 0.1) is 18.2 Å². The van der Waals surface area contributed by atoms with Crippen molar-refractivity contribution in [3.8, 4) is 6.07 Å². The zero-order chi connectivity index (χ0) is 23.4. The minimum atomic E-state index is -0.615. The highest BCUT2D eigenvalue weighted by atomic mass is 35.5. The Morgan fingerprint density at radius 3 is 2.82 bits per heavy atom. The molecule has 0 bridgehead atoms. The van der Waals surface area contributed by atoms with Gasteiger partial charge in [-0.1, -0.05) is 17.7 Å². The molecule has 0 spiro atoms. The number of nitrogens with zero attached hydrogens (tertiary/aromatic N) is 5. The maximum Gasteiger partial charge on any atom is 0.331 e. The van der Waals surface area contributed by atoms with E-state index >= 15 is 0 Å². The van der Waals surface area contributed by atoms with Gasteiger partial charge in [-0.15, -0.1) is 11.3 Å². The van der Waals surface area contributed by atoms with E-state index in [2.05, 4.69) is 11.1 Å². The molecule has 0 radical (unpaired) electrons. The Labute approximate surface area is 196 Å². The molecule has 33 heavy (non-hydrogen) atoms. The van der Waals surface area contributed by atoms with Crippen LogP contribution < -0.4 is 11.2 Å². The summed E-state index contributed by atoms with van der Waals surface area (Å²) in [7, 11) is 3.01. The van der Waals surface area contributed by atoms with Gasteiger partial charge in [-0.25, -0.2) is 9.78 Å². The topological polar surface area (TPSA) is 113 Å². The zero-order valence-electron chi connectivity index (χ0n) is 17.6. The first-order valence-corrected chi connectivity index (χ1v) is 11.2. The fraction of sp³-hybridized carbons (Fsp3) is 0.227. The molecular weight excluding hydrogens is 466 g/mol. The lowest BCUT2D eigenvalue weighted by molar-refractivity contribution is -0.448. The van der Waals surface area contributed by atoms with Crippen molar-refractivity contribution in [3.05, 3.63) is 83.0 Å². The first-order valence-electron chi connectivity index (χ1n) is 9.94. The van der Waals surface area contributed by atoms with Crippen LogP contribution in [-0.4, -0.2) is 48.8 Å². The molecule has 4 heterocycles. The molecule has 0 amide bonds. The van der Waals surface area contributed by atoms with Crippen LogP contribution in [0, 0.1) is 11.3 Å². The highest BCUT2D eigenvalue weighted by molar-refractivity contribution is 7.11. The predicted molar refractivity (Wildman–Crippen MR) is 122 cm³/mol. The molecule has 166 valence electrons. The van der Waals surface area contributed by atoms with Gasteiger partial charge >= 0.3 is 5.69 Å². The van der Waals surface area contributed by atoms with E-state index in [0.717, 1.165) is 4.57 Å². The van der Waals surface area contributed by atoms with Gasteiger partial charge < -0.3 is 9.84 Å². The number of hydrogen-bond acceptors (Lipinski definition) is 7. The lowest BCUT2D eigenvalue weighted by atomic mass is 10.0. The molecule has 2 aromatic heterocycles. The average molecular weight is 483 g/mol. The van der Waals surface area contributed by atoms with Crippen LogP contribution in [-0.2, 0) is 18.8 Å². The molecule has 3 aromatic rings. The Morgan fingerprint density at radius 2 is 2.15 bits per heavy atom. The van der Waals surface area contributed by atoms with Crippen molar-refractivity contribution in [2.45, 2.75) is 6.10 Å². The molecule has 0 aliphatic carbocycles. The van der Waals surface area contributed by atoms with E-state index in [0.29, 0.717) is 44.6 Å². The van der Waals surface area contributed by atoms with E-state index in [4.69, 9.17) is 16.3 Å². The van der Waals surface area contributed by atoms with Crippen LogP contribution in [0.2, 0.25) is 5.15 Å². The quantitative estimate of drug-likeness (QED) is 0.560. The summed E-state index contributed by atoms with van der Waals surface area (Å²) >= 11 is 7.32. The smallest absolute Gasteiger partial charge is 0.331 e. The van der Waals surface area contributed by atoms with E-state index in [1.807, 2.05) is 4.58 Å². The summed E-state index contributed by atoms with van der Waals surface area (Å²) in [6, 6.07) is 9.02. The van der Waals surface area contributed by atoms with Gasteiger partial charge in [0.1, 0.15) is 16.4 Å². The minimum Gasteiger partial charge on any atom is -0.472 e. The number of aromatic nitrogens is 3. The number of aliphatic hydroxyl groups excluding tert-OH is 1. The van der Waals surface area contributed by atoms with Crippen LogP contribution in [0.25, 0.3) is 11.5 Å². The Kier molecular flexibility index (Phi) is 5.05.